The minimum Gasteiger partial charge on any atom is -0.492 e. The Morgan fingerprint density at radius 1 is 1.39 bits per heavy atom. The van der Waals surface area contributed by atoms with Crippen molar-refractivity contribution >= 4 is 17.5 Å². The van der Waals surface area contributed by atoms with Gasteiger partial charge < -0.3 is 4.74 Å². The van der Waals surface area contributed by atoms with E-state index >= 15 is 0 Å². The zero-order chi connectivity index (χ0) is 13.8. The van der Waals surface area contributed by atoms with E-state index in [9.17, 15) is 22.4 Å². The summed E-state index contributed by atoms with van der Waals surface area (Å²) in [7, 11) is 0. The molecular weight excluding hydrogens is 272 g/mol. The van der Waals surface area contributed by atoms with Crippen molar-refractivity contribution < 1.29 is 27.1 Å². The normalized spacial score (nSPS) is 11.4. The predicted octanol–water partition coefficient (Wildman–Crippen LogP) is 3.66. The van der Waals surface area contributed by atoms with Crippen LogP contribution in [0.2, 0.25) is 0 Å². The van der Waals surface area contributed by atoms with Gasteiger partial charge in [0.15, 0.2) is 5.78 Å². The lowest BCUT2D eigenvalue weighted by atomic mass is 10.1. The maximum atomic E-state index is 12.9. The second-order valence-corrected chi connectivity index (χ2v) is 4.50. The summed E-state index contributed by atoms with van der Waals surface area (Å²) in [5.74, 6) is -1.31. The second kappa shape index (κ2) is 6.08. The quantitative estimate of drug-likeness (QED) is 0.468. The Morgan fingerprint density at radius 3 is 2.61 bits per heavy atom. The minimum absolute atomic E-state index is 0.0368. The molecule has 0 amide bonds. The molecule has 0 saturated heterocycles. The number of ether oxygens (including phenoxy) is 1. The first kappa shape index (κ1) is 14.8. The fourth-order valence-corrected chi connectivity index (χ4v) is 1.61. The van der Waals surface area contributed by atoms with Gasteiger partial charge in [-0.3, -0.25) is 4.79 Å². The molecule has 1 rings (SSSR count). The number of alkyl halides is 3. The van der Waals surface area contributed by atoms with Gasteiger partial charge >= 0.3 is 5.51 Å². The zero-order valence-electron chi connectivity index (χ0n) is 9.38. The van der Waals surface area contributed by atoms with Crippen molar-refractivity contribution in [3.05, 3.63) is 29.6 Å². The summed E-state index contributed by atoms with van der Waals surface area (Å²) in [6, 6.07) is 3.31. The van der Waals surface area contributed by atoms with Crippen molar-refractivity contribution in [2.24, 2.45) is 0 Å². The SMILES string of the molecule is CC(=O)c1ccc(F)cc1OCCSC(F)(F)F. The summed E-state index contributed by atoms with van der Waals surface area (Å²) >= 11 is -0.232. The number of Topliss-reactive ketones (excluding diaryl/α,β-unsaturated/α-hetero) is 1. The minimum atomic E-state index is -4.32. The first-order chi connectivity index (χ1) is 8.29. The lowest BCUT2D eigenvalue weighted by Crippen LogP contribution is -2.09. The van der Waals surface area contributed by atoms with Crippen molar-refractivity contribution in [3.8, 4) is 5.75 Å². The van der Waals surface area contributed by atoms with E-state index < -0.39 is 11.3 Å². The molecular formula is C11H10F4O2S. The number of rotatable bonds is 5. The van der Waals surface area contributed by atoms with Crippen molar-refractivity contribution in [3.63, 3.8) is 0 Å². The van der Waals surface area contributed by atoms with Gasteiger partial charge in [0, 0.05) is 11.8 Å². The summed E-state index contributed by atoms with van der Waals surface area (Å²) in [5, 5.41) is 0. The third-order valence-corrected chi connectivity index (χ3v) is 2.63. The van der Waals surface area contributed by atoms with E-state index in [1.165, 1.54) is 13.0 Å². The number of ketones is 1. The maximum absolute atomic E-state index is 12.9. The smallest absolute Gasteiger partial charge is 0.441 e. The van der Waals surface area contributed by atoms with E-state index in [1.54, 1.807) is 0 Å². The predicted molar refractivity (Wildman–Crippen MR) is 60.4 cm³/mol. The van der Waals surface area contributed by atoms with Crippen molar-refractivity contribution in [2.75, 3.05) is 12.4 Å². The highest BCUT2D eigenvalue weighted by atomic mass is 32.2. The molecule has 100 valence electrons. The van der Waals surface area contributed by atoms with Gasteiger partial charge in [-0.15, -0.1) is 0 Å². The Hall–Kier alpha value is -1.24. The average molecular weight is 282 g/mol. The van der Waals surface area contributed by atoms with Gasteiger partial charge in [0.2, 0.25) is 0 Å². The molecule has 0 N–H and O–H groups in total. The standard InChI is InChI=1S/C11H10F4O2S/c1-7(16)9-3-2-8(12)6-10(9)17-4-5-18-11(13,14)15/h2-3,6H,4-5H2,1H3. The molecule has 0 aliphatic heterocycles. The number of halogens is 4. The van der Waals surface area contributed by atoms with Crippen LogP contribution in [0, 0.1) is 5.82 Å². The van der Waals surface area contributed by atoms with Gasteiger partial charge in [-0.2, -0.15) is 13.2 Å². The van der Waals surface area contributed by atoms with Gasteiger partial charge in [0.1, 0.15) is 11.6 Å². The molecule has 0 aromatic heterocycles. The lowest BCUT2D eigenvalue weighted by Gasteiger charge is -2.10. The number of carbonyl (C=O) groups is 1. The summed E-state index contributed by atoms with van der Waals surface area (Å²) in [4.78, 5) is 11.2. The molecule has 0 spiro atoms. The Balaban J connectivity index is 2.61. The first-order valence-corrected chi connectivity index (χ1v) is 5.92. The van der Waals surface area contributed by atoms with E-state index in [0.29, 0.717) is 0 Å². The van der Waals surface area contributed by atoms with Crippen LogP contribution in [0.4, 0.5) is 17.6 Å². The van der Waals surface area contributed by atoms with Crippen LogP contribution in [0.15, 0.2) is 18.2 Å². The highest BCUT2D eigenvalue weighted by molar-refractivity contribution is 8.00. The van der Waals surface area contributed by atoms with Gasteiger partial charge in [-0.05, 0) is 30.8 Å². The van der Waals surface area contributed by atoms with Crippen LogP contribution in [0.5, 0.6) is 5.75 Å². The summed E-state index contributed by atoms with van der Waals surface area (Å²) in [6.07, 6.45) is 0. The van der Waals surface area contributed by atoms with E-state index in [1.807, 2.05) is 0 Å². The van der Waals surface area contributed by atoms with Crippen LogP contribution in [0.1, 0.15) is 17.3 Å². The van der Waals surface area contributed by atoms with Gasteiger partial charge in [0.05, 0.1) is 12.2 Å². The van der Waals surface area contributed by atoms with Crippen LogP contribution >= 0.6 is 11.8 Å². The molecule has 0 radical (unpaired) electrons. The fraction of sp³-hybridized carbons (Fsp3) is 0.364. The van der Waals surface area contributed by atoms with Crippen molar-refractivity contribution in [1.29, 1.82) is 0 Å². The van der Waals surface area contributed by atoms with Crippen LogP contribution in [-0.4, -0.2) is 23.7 Å². The summed E-state index contributed by atoms with van der Waals surface area (Å²) in [6.45, 7) is 1.01. The van der Waals surface area contributed by atoms with E-state index in [2.05, 4.69) is 0 Å². The number of hydrogen-bond acceptors (Lipinski definition) is 3. The molecule has 1 aromatic carbocycles. The molecule has 18 heavy (non-hydrogen) atoms. The molecule has 0 bridgehead atoms. The monoisotopic (exact) mass is 282 g/mol. The molecule has 0 fully saturated rings. The van der Waals surface area contributed by atoms with Gasteiger partial charge in [-0.1, -0.05) is 0 Å². The first-order valence-electron chi connectivity index (χ1n) is 4.93. The second-order valence-electron chi connectivity index (χ2n) is 3.34. The molecule has 0 unspecified atom stereocenters. The Kier molecular flexibility index (Phi) is 5.01. The topological polar surface area (TPSA) is 26.3 Å². The Bertz CT molecular complexity index is 432. The molecule has 0 heterocycles. The highest BCUT2D eigenvalue weighted by Gasteiger charge is 2.27. The van der Waals surface area contributed by atoms with Crippen LogP contribution < -0.4 is 4.74 Å². The Morgan fingerprint density at radius 2 is 2.06 bits per heavy atom. The summed E-state index contributed by atoms with van der Waals surface area (Å²) < 4.78 is 53.5. The summed E-state index contributed by atoms with van der Waals surface area (Å²) in [5.41, 5.74) is -4.18. The van der Waals surface area contributed by atoms with E-state index in [-0.39, 0.29) is 41.2 Å². The molecule has 0 saturated carbocycles. The van der Waals surface area contributed by atoms with Crippen LogP contribution in [-0.2, 0) is 0 Å². The van der Waals surface area contributed by atoms with Crippen molar-refractivity contribution in [1.82, 2.24) is 0 Å². The highest BCUT2D eigenvalue weighted by Crippen LogP contribution is 2.30. The maximum Gasteiger partial charge on any atom is 0.441 e. The number of hydrogen-bond donors (Lipinski definition) is 0. The zero-order valence-corrected chi connectivity index (χ0v) is 10.2. The number of thioether (sulfide) groups is 1. The largest absolute Gasteiger partial charge is 0.492 e. The molecule has 7 heteroatoms. The lowest BCUT2D eigenvalue weighted by molar-refractivity contribution is -0.0329. The Labute approximate surface area is 105 Å². The van der Waals surface area contributed by atoms with E-state index in [4.69, 9.17) is 4.74 Å². The van der Waals surface area contributed by atoms with Crippen molar-refractivity contribution in [2.45, 2.75) is 12.4 Å². The van der Waals surface area contributed by atoms with Gasteiger partial charge in [-0.25, -0.2) is 4.39 Å². The molecule has 0 atom stereocenters. The molecule has 1 aromatic rings. The molecule has 0 aliphatic rings. The number of benzene rings is 1. The van der Waals surface area contributed by atoms with Crippen LogP contribution in [0.25, 0.3) is 0 Å². The third kappa shape index (κ3) is 4.95. The molecule has 0 aliphatic carbocycles. The molecule has 2 nitrogen and oxygen atoms in total. The number of carbonyl (C=O) groups excluding carboxylic acids is 1. The third-order valence-electron chi connectivity index (χ3n) is 1.93. The average Bonchev–Trinajstić information content (AvgIpc) is 2.22. The van der Waals surface area contributed by atoms with Crippen LogP contribution in [0.3, 0.4) is 0 Å². The van der Waals surface area contributed by atoms with Gasteiger partial charge in [0.25, 0.3) is 0 Å². The fourth-order valence-electron chi connectivity index (χ4n) is 1.22. The van der Waals surface area contributed by atoms with E-state index in [0.717, 1.165) is 12.1 Å².